The molecule has 3 N–H and O–H groups in total. The Bertz CT molecular complexity index is 2190. The van der Waals surface area contributed by atoms with Crippen molar-refractivity contribution in [3.8, 4) is 22.3 Å². The Morgan fingerprint density at radius 1 is 0.833 bits per heavy atom. The number of benzene rings is 3. The van der Waals surface area contributed by atoms with Gasteiger partial charge in [0, 0.05) is 55.6 Å². The maximum absolute atomic E-state index is 14.0. The van der Waals surface area contributed by atoms with E-state index in [2.05, 4.69) is 51.4 Å². The molecule has 0 bridgehead atoms. The summed E-state index contributed by atoms with van der Waals surface area (Å²) in [5.41, 5.74) is 16.8. The number of aromatic nitrogens is 4. The molecule has 3 aromatic carbocycles. The van der Waals surface area contributed by atoms with E-state index >= 15 is 0 Å². The second kappa shape index (κ2) is 16.3. The molecule has 12 heteroatoms. The first kappa shape index (κ1) is 37.6. The maximum atomic E-state index is 14.0. The fraction of sp³-hybridized carbons (Fsp3) is 0.405. The van der Waals surface area contributed by atoms with Crippen LogP contribution in [0.2, 0.25) is 5.02 Å². The number of rotatable bonds is 8. The van der Waals surface area contributed by atoms with Gasteiger partial charge in [0.05, 0.1) is 38.8 Å². The molecule has 0 spiro atoms. The van der Waals surface area contributed by atoms with Crippen LogP contribution in [0.4, 0.5) is 15.8 Å². The van der Waals surface area contributed by atoms with Crippen LogP contribution in [0, 0.1) is 33.5 Å². The average molecular weight is 755 g/mol. The number of ether oxygens (including phenoxy) is 2. The van der Waals surface area contributed by atoms with Crippen LogP contribution >= 0.6 is 11.6 Å². The van der Waals surface area contributed by atoms with Crippen LogP contribution in [0.3, 0.4) is 0 Å². The van der Waals surface area contributed by atoms with Gasteiger partial charge in [-0.2, -0.15) is 0 Å². The van der Waals surface area contributed by atoms with E-state index in [-0.39, 0.29) is 16.8 Å². The van der Waals surface area contributed by atoms with Crippen molar-refractivity contribution in [2.24, 2.45) is 0 Å². The predicted octanol–water partition coefficient (Wildman–Crippen LogP) is 9.93. The lowest BCUT2D eigenvalue weighted by atomic mass is 9.99. The molecule has 10 nitrogen and oxygen atoms in total. The minimum atomic E-state index is -0.386. The fourth-order valence-electron chi connectivity index (χ4n) is 7.76. The number of hydrogen-bond acceptors (Lipinski definition) is 9. The highest BCUT2D eigenvalue weighted by atomic mass is 35.5. The van der Waals surface area contributed by atoms with Crippen molar-refractivity contribution in [1.82, 2.24) is 19.9 Å². The third kappa shape index (κ3) is 8.04. The molecule has 1 atom stereocenters. The summed E-state index contributed by atoms with van der Waals surface area (Å²) in [4.78, 5) is 5.11. The number of nitrogen functional groups attached to an aromatic ring is 1. The fourth-order valence-corrected chi connectivity index (χ4v) is 7.88. The van der Waals surface area contributed by atoms with Gasteiger partial charge in [-0.15, -0.1) is 0 Å². The van der Waals surface area contributed by atoms with E-state index in [9.17, 15) is 4.39 Å². The molecule has 5 heterocycles. The third-order valence-electron chi connectivity index (χ3n) is 10.5. The molecule has 2 fully saturated rings. The molecule has 2 saturated heterocycles. The molecule has 3 aromatic heterocycles. The number of aryl methyl sites for hydroxylation is 4. The third-order valence-corrected chi connectivity index (χ3v) is 10.8. The number of imidazole rings is 1. The number of halogens is 2. The van der Waals surface area contributed by atoms with Crippen LogP contribution in [0.25, 0.3) is 33.3 Å². The molecule has 2 aliphatic heterocycles. The number of anilines is 2. The van der Waals surface area contributed by atoms with E-state index in [0.29, 0.717) is 18.5 Å². The Labute approximate surface area is 320 Å². The van der Waals surface area contributed by atoms with Crippen LogP contribution in [0.1, 0.15) is 78.9 Å². The number of nitrogens with zero attached hydrogens (tertiary/aromatic N) is 4. The molecular formula is C42H48ClFN6O4. The van der Waals surface area contributed by atoms with Gasteiger partial charge < -0.3 is 34.1 Å². The van der Waals surface area contributed by atoms with E-state index < -0.39 is 0 Å². The molecule has 54 heavy (non-hydrogen) atoms. The van der Waals surface area contributed by atoms with E-state index in [1.807, 2.05) is 45.9 Å². The van der Waals surface area contributed by atoms with Crippen LogP contribution in [0.15, 0.2) is 63.6 Å². The smallest absolute Gasteiger partial charge is 0.142 e. The molecule has 0 saturated carbocycles. The van der Waals surface area contributed by atoms with Crippen molar-refractivity contribution in [3.63, 3.8) is 0 Å². The van der Waals surface area contributed by atoms with Crippen molar-refractivity contribution >= 4 is 34.0 Å². The first-order valence-electron chi connectivity index (χ1n) is 18.7. The first-order valence-corrected chi connectivity index (χ1v) is 19.1. The Morgan fingerprint density at radius 2 is 1.44 bits per heavy atom. The van der Waals surface area contributed by atoms with Crippen molar-refractivity contribution in [2.45, 2.75) is 84.7 Å². The number of nitrogens with one attached hydrogen (secondary N) is 1. The lowest BCUT2D eigenvalue weighted by Crippen LogP contribution is -2.28. The van der Waals surface area contributed by atoms with Crippen LogP contribution in [-0.4, -0.2) is 52.3 Å². The summed E-state index contributed by atoms with van der Waals surface area (Å²) in [5.74, 6) is 2.35. The van der Waals surface area contributed by atoms with Crippen molar-refractivity contribution in [2.75, 3.05) is 37.5 Å². The largest absolute Gasteiger partial charge is 0.397 e. The Morgan fingerprint density at radius 3 is 2.04 bits per heavy atom. The van der Waals surface area contributed by atoms with Gasteiger partial charge in [-0.25, -0.2) is 9.37 Å². The molecule has 8 rings (SSSR count). The molecular weight excluding hydrogens is 707 g/mol. The highest BCUT2D eigenvalue weighted by Crippen LogP contribution is 2.36. The van der Waals surface area contributed by atoms with Crippen molar-refractivity contribution in [3.05, 3.63) is 99.7 Å². The summed E-state index contributed by atoms with van der Waals surface area (Å²) in [7, 11) is 0. The van der Waals surface area contributed by atoms with E-state index in [1.165, 1.54) is 6.07 Å². The van der Waals surface area contributed by atoms with Crippen molar-refractivity contribution < 1.29 is 22.9 Å². The summed E-state index contributed by atoms with van der Waals surface area (Å²) in [6.07, 6.45) is 4.62. The molecule has 284 valence electrons. The highest BCUT2D eigenvalue weighted by molar-refractivity contribution is 6.30. The van der Waals surface area contributed by atoms with Gasteiger partial charge in [-0.3, -0.25) is 0 Å². The monoisotopic (exact) mass is 754 g/mol. The molecule has 0 unspecified atom stereocenters. The van der Waals surface area contributed by atoms with Crippen molar-refractivity contribution in [1.29, 1.82) is 0 Å². The minimum Gasteiger partial charge on any atom is -0.397 e. The second-order valence-electron chi connectivity index (χ2n) is 14.5. The molecule has 0 radical (unpaired) electrons. The predicted molar refractivity (Wildman–Crippen MR) is 211 cm³/mol. The summed E-state index contributed by atoms with van der Waals surface area (Å²) in [6, 6.07) is 18.3. The Balaban J connectivity index is 0.000000184. The quantitative estimate of drug-likeness (QED) is 0.146. The van der Waals surface area contributed by atoms with Gasteiger partial charge in [0.15, 0.2) is 0 Å². The van der Waals surface area contributed by atoms with E-state index in [4.69, 9.17) is 40.8 Å². The van der Waals surface area contributed by atoms with Crippen LogP contribution < -0.4 is 11.1 Å². The summed E-state index contributed by atoms with van der Waals surface area (Å²) in [6.45, 7) is 13.0. The van der Waals surface area contributed by atoms with Gasteiger partial charge in [-0.1, -0.05) is 47.0 Å². The lowest BCUT2D eigenvalue weighted by Gasteiger charge is -2.27. The maximum Gasteiger partial charge on any atom is 0.142 e. The first-order chi connectivity index (χ1) is 26.1. The zero-order valence-electron chi connectivity index (χ0n) is 31.5. The number of nitrogens with two attached hydrogens (primary N) is 1. The average Bonchev–Trinajstić information content (AvgIpc) is 3.84. The summed E-state index contributed by atoms with van der Waals surface area (Å²) >= 11 is 5.88. The zero-order chi connectivity index (χ0) is 37.9. The van der Waals surface area contributed by atoms with E-state index in [0.717, 1.165) is 131 Å². The molecule has 0 amide bonds. The highest BCUT2D eigenvalue weighted by Gasteiger charge is 2.26. The van der Waals surface area contributed by atoms with E-state index in [1.54, 1.807) is 6.07 Å². The summed E-state index contributed by atoms with van der Waals surface area (Å²) in [5, 5.41) is 11.7. The second-order valence-corrected chi connectivity index (χ2v) is 14.9. The van der Waals surface area contributed by atoms with Gasteiger partial charge in [-0.05, 0) is 113 Å². The van der Waals surface area contributed by atoms with Gasteiger partial charge in [0.25, 0.3) is 0 Å². The lowest BCUT2D eigenvalue weighted by molar-refractivity contribution is 0.0696. The molecule has 0 aliphatic carbocycles. The van der Waals surface area contributed by atoms with Crippen LogP contribution in [-0.2, 0) is 15.9 Å². The Kier molecular flexibility index (Phi) is 11.4. The molecule has 2 aliphatic rings. The standard InChI is InChI=1S/C26H27ClFN3O2.C16H21N3O2/c1-15(12-18-4-6-21(27)22(28)13-18)26-29-23-14-19(25-16(2)30-33-17(25)3)5-7-24(23)31(26)20-8-10-32-11-9-20;1-10-16(11(2)21-19-10)12-3-4-15(14(17)9-12)18-13-5-7-20-8-6-13/h4-7,13-15,20H,8-12H2,1-3H3;3-4,9,13,18H,5-8,17H2,1-2H3/t15-;/m0./s1. The number of hydrogen-bond donors (Lipinski definition) is 2. The van der Waals surface area contributed by atoms with Gasteiger partial charge >= 0.3 is 0 Å². The SMILES string of the molecule is Cc1noc(C)c1-c1ccc(NC2CCOCC2)c(N)c1.Cc1noc(C)c1-c1ccc2c(c1)nc([C@@H](C)Cc1ccc(Cl)c(F)c1)n2C1CCOCC1. The van der Waals surface area contributed by atoms with Crippen LogP contribution in [0.5, 0.6) is 0 Å². The topological polar surface area (TPSA) is 126 Å². The van der Waals surface area contributed by atoms with Gasteiger partial charge in [0.1, 0.15) is 23.2 Å². The zero-order valence-corrected chi connectivity index (χ0v) is 32.3. The Hall–Kier alpha value is -4.71. The minimum absolute atomic E-state index is 0.100. The summed E-state index contributed by atoms with van der Waals surface area (Å²) < 4.78 is 38.0. The molecule has 6 aromatic rings. The normalized spacial score (nSPS) is 16.0. The van der Waals surface area contributed by atoms with Gasteiger partial charge in [0.2, 0.25) is 0 Å². The number of fused-ring (bicyclic) bond motifs is 1.